The zero-order chi connectivity index (χ0) is 18.0. The summed E-state index contributed by atoms with van der Waals surface area (Å²) in [6.45, 7) is 4.25. The molecule has 0 spiro atoms. The summed E-state index contributed by atoms with van der Waals surface area (Å²) in [6, 6.07) is 7.54. The van der Waals surface area contributed by atoms with Gasteiger partial charge in [0.15, 0.2) is 0 Å². The maximum absolute atomic E-state index is 12.7. The lowest BCUT2D eigenvalue weighted by Gasteiger charge is -2.30. The van der Waals surface area contributed by atoms with E-state index in [0.717, 1.165) is 24.2 Å². The second-order valence-corrected chi connectivity index (χ2v) is 7.21. The Kier molecular flexibility index (Phi) is 5.16. The summed E-state index contributed by atoms with van der Waals surface area (Å²) in [7, 11) is 1.55. The van der Waals surface area contributed by atoms with Crippen molar-refractivity contribution in [2.24, 2.45) is 0 Å². The van der Waals surface area contributed by atoms with Gasteiger partial charge in [0.2, 0.25) is 5.89 Å². The minimum absolute atomic E-state index is 0.0386. The Balaban J connectivity index is 1.77. The molecule has 0 radical (unpaired) electrons. The van der Waals surface area contributed by atoms with Crippen LogP contribution in [0.15, 0.2) is 34.9 Å². The van der Waals surface area contributed by atoms with E-state index in [1.54, 1.807) is 27.2 Å². The predicted molar refractivity (Wildman–Crippen MR) is 95.5 cm³/mol. The maximum atomic E-state index is 12.7. The summed E-state index contributed by atoms with van der Waals surface area (Å²) in [5.74, 6) is 1.29. The molecule has 0 unspecified atom stereocenters. The first-order chi connectivity index (χ1) is 11.9. The number of amides is 1. The Morgan fingerprint density at radius 1 is 1.44 bits per heavy atom. The van der Waals surface area contributed by atoms with Gasteiger partial charge in [-0.05, 0) is 38.3 Å². The molecule has 0 aliphatic carbocycles. The predicted octanol–water partition coefficient (Wildman–Crippen LogP) is 4.01. The van der Waals surface area contributed by atoms with Crippen molar-refractivity contribution in [2.45, 2.75) is 44.8 Å². The first kappa shape index (κ1) is 18.0. The Morgan fingerprint density at radius 2 is 2.20 bits per heavy atom. The lowest BCUT2D eigenvalue weighted by molar-refractivity contribution is -0.152. The van der Waals surface area contributed by atoms with Crippen LogP contribution in [0.2, 0.25) is 5.02 Å². The van der Waals surface area contributed by atoms with Gasteiger partial charge >= 0.3 is 0 Å². The third-order valence-corrected chi connectivity index (χ3v) is 5.09. The highest BCUT2D eigenvalue weighted by Crippen LogP contribution is 2.34. The number of hydrogen-bond acceptors (Lipinski definition) is 4. The number of ether oxygens (including phenoxy) is 1. The molecule has 2 heterocycles. The molecule has 1 aromatic heterocycles. The molecular formula is C19H23ClN2O3. The summed E-state index contributed by atoms with van der Waals surface area (Å²) in [6.07, 6.45) is 4.08. The number of aromatic nitrogens is 1. The fourth-order valence-corrected chi connectivity index (χ4v) is 3.29. The first-order valence-electron chi connectivity index (χ1n) is 8.46. The van der Waals surface area contributed by atoms with Crippen LogP contribution in [-0.4, -0.2) is 35.0 Å². The summed E-state index contributed by atoms with van der Waals surface area (Å²) in [5.41, 5.74) is 0.141. The molecule has 1 fully saturated rings. The number of carbonyl (C=O) groups is 1. The van der Waals surface area contributed by atoms with Crippen LogP contribution in [0.25, 0.3) is 0 Å². The van der Waals surface area contributed by atoms with Crippen LogP contribution in [0.1, 0.15) is 49.9 Å². The van der Waals surface area contributed by atoms with Gasteiger partial charge < -0.3 is 14.1 Å². The second kappa shape index (κ2) is 7.18. The van der Waals surface area contributed by atoms with E-state index < -0.39 is 5.60 Å². The molecule has 6 heteroatoms. The third-order valence-electron chi connectivity index (χ3n) is 4.72. The molecule has 1 saturated heterocycles. The van der Waals surface area contributed by atoms with Gasteiger partial charge in [-0.25, -0.2) is 4.98 Å². The van der Waals surface area contributed by atoms with Crippen molar-refractivity contribution in [1.82, 2.24) is 9.88 Å². The normalized spacial score (nSPS) is 17.9. The Bertz CT molecular complexity index is 757. The summed E-state index contributed by atoms with van der Waals surface area (Å²) in [4.78, 5) is 19.0. The van der Waals surface area contributed by atoms with E-state index in [1.165, 1.54) is 0 Å². The van der Waals surface area contributed by atoms with Gasteiger partial charge in [0.1, 0.15) is 17.4 Å². The summed E-state index contributed by atoms with van der Waals surface area (Å²) in [5, 5.41) is 0.708. The number of methoxy groups -OCH3 is 1. The van der Waals surface area contributed by atoms with E-state index in [9.17, 15) is 4.79 Å². The van der Waals surface area contributed by atoms with Gasteiger partial charge in [0, 0.05) is 25.1 Å². The van der Waals surface area contributed by atoms with Crippen LogP contribution in [0.3, 0.4) is 0 Å². The minimum Gasteiger partial charge on any atom is -0.443 e. The smallest absolute Gasteiger partial charge is 0.254 e. The number of hydrogen-bond donors (Lipinski definition) is 0. The monoisotopic (exact) mass is 362 g/mol. The fraction of sp³-hybridized carbons (Fsp3) is 0.474. The SMILES string of the molecule is COC(C)(C)C(=O)N1CCC[C@@H]1c1ncc(Cc2ccccc2Cl)o1. The van der Waals surface area contributed by atoms with Crippen molar-refractivity contribution in [3.8, 4) is 0 Å². The van der Waals surface area contributed by atoms with Crippen molar-refractivity contribution in [3.63, 3.8) is 0 Å². The van der Waals surface area contributed by atoms with Gasteiger partial charge in [-0.1, -0.05) is 29.8 Å². The highest BCUT2D eigenvalue weighted by atomic mass is 35.5. The number of nitrogens with zero attached hydrogens (tertiary/aromatic N) is 2. The van der Waals surface area contributed by atoms with Crippen LogP contribution >= 0.6 is 11.6 Å². The third kappa shape index (κ3) is 3.72. The number of rotatable bonds is 5. The van der Waals surface area contributed by atoms with E-state index in [-0.39, 0.29) is 11.9 Å². The van der Waals surface area contributed by atoms with Crippen molar-refractivity contribution in [2.75, 3.05) is 13.7 Å². The van der Waals surface area contributed by atoms with Gasteiger partial charge in [-0.3, -0.25) is 4.79 Å². The molecule has 25 heavy (non-hydrogen) atoms. The van der Waals surface area contributed by atoms with E-state index >= 15 is 0 Å². The fourth-order valence-electron chi connectivity index (χ4n) is 3.09. The molecule has 0 N–H and O–H groups in total. The first-order valence-corrected chi connectivity index (χ1v) is 8.84. The van der Waals surface area contributed by atoms with Crippen LogP contribution in [-0.2, 0) is 16.0 Å². The number of oxazole rings is 1. The largest absolute Gasteiger partial charge is 0.443 e. The molecule has 0 bridgehead atoms. The number of likely N-dealkylation sites (tertiary alicyclic amines) is 1. The Labute approximate surface area is 152 Å². The number of benzene rings is 1. The van der Waals surface area contributed by atoms with Gasteiger partial charge in [0.05, 0.1) is 6.20 Å². The van der Waals surface area contributed by atoms with Crippen LogP contribution in [0, 0.1) is 0 Å². The van der Waals surface area contributed by atoms with Crippen LogP contribution < -0.4 is 0 Å². The summed E-state index contributed by atoms with van der Waals surface area (Å²) < 4.78 is 11.3. The molecule has 0 saturated carbocycles. The molecule has 1 aromatic carbocycles. The van der Waals surface area contributed by atoms with Crippen molar-refractivity contribution in [3.05, 3.63) is 52.7 Å². The highest BCUT2D eigenvalue weighted by molar-refractivity contribution is 6.31. The topological polar surface area (TPSA) is 55.6 Å². The van der Waals surface area contributed by atoms with Crippen LogP contribution in [0.5, 0.6) is 0 Å². The van der Waals surface area contributed by atoms with Crippen molar-refractivity contribution < 1.29 is 13.9 Å². The van der Waals surface area contributed by atoms with Crippen molar-refractivity contribution in [1.29, 1.82) is 0 Å². The molecule has 2 aromatic rings. The lowest BCUT2D eigenvalue weighted by atomic mass is 10.1. The van der Waals surface area contributed by atoms with Crippen LogP contribution in [0.4, 0.5) is 0 Å². The molecule has 1 atom stereocenters. The molecule has 1 amide bonds. The Hall–Kier alpha value is -1.85. The van der Waals surface area contributed by atoms with Gasteiger partial charge in [0.25, 0.3) is 5.91 Å². The second-order valence-electron chi connectivity index (χ2n) is 6.80. The molecule has 5 nitrogen and oxygen atoms in total. The number of halogens is 1. The molecule has 1 aliphatic rings. The minimum atomic E-state index is -0.852. The van der Waals surface area contributed by atoms with Gasteiger partial charge in [-0.15, -0.1) is 0 Å². The zero-order valence-electron chi connectivity index (χ0n) is 14.8. The van der Waals surface area contributed by atoms with E-state index in [2.05, 4.69) is 4.98 Å². The quantitative estimate of drug-likeness (QED) is 0.806. The maximum Gasteiger partial charge on any atom is 0.254 e. The zero-order valence-corrected chi connectivity index (χ0v) is 15.5. The molecule has 1 aliphatic heterocycles. The Morgan fingerprint density at radius 3 is 2.92 bits per heavy atom. The van der Waals surface area contributed by atoms with E-state index in [1.807, 2.05) is 29.2 Å². The van der Waals surface area contributed by atoms with E-state index in [4.69, 9.17) is 20.8 Å². The average molecular weight is 363 g/mol. The standard InChI is InChI=1S/C19H23ClN2O3/c1-19(2,24-3)18(23)22-10-6-9-16(22)17-21-12-14(25-17)11-13-7-4-5-8-15(13)20/h4-5,7-8,12,16H,6,9-11H2,1-3H3/t16-/m1/s1. The molecular weight excluding hydrogens is 340 g/mol. The summed E-state index contributed by atoms with van der Waals surface area (Å²) >= 11 is 6.21. The van der Waals surface area contributed by atoms with E-state index in [0.29, 0.717) is 23.9 Å². The van der Waals surface area contributed by atoms with Crippen molar-refractivity contribution >= 4 is 17.5 Å². The highest BCUT2D eigenvalue weighted by Gasteiger charge is 2.40. The molecule has 134 valence electrons. The molecule has 3 rings (SSSR count). The number of carbonyl (C=O) groups excluding carboxylic acids is 1. The van der Waals surface area contributed by atoms with Gasteiger partial charge in [-0.2, -0.15) is 0 Å². The average Bonchev–Trinajstić information content (AvgIpc) is 3.25. The lowest BCUT2D eigenvalue weighted by Crippen LogP contribution is -2.46.